The highest BCUT2D eigenvalue weighted by atomic mass is 16.5. The molecule has 1 aromatic heterocycles. The van der Waals surface area contributed by atoms with Crippen molar-refractivity contribution in [3.63, 3.8) is 0 Å². The first kappa shape index (κ1) is 23.3. The number of nitrogens with zero attached hydrogens (tertiary/aromatic N) is 3. The van der Waals surface area contributed by atoms with Gasteiger partial charge in [-0.1, -0.05) is 6.42 Å². The lowest BCUT2D eigenvalue weighted by molar-refractivity contribution is -0.122. The molecule has 1 saturated heterocycles. The first-order valence-electron chi connectivity index (χ1n) is 13.0. The Hall–Kier alpha value is -2.41. The Morgan fingerprint density at radius 2 is 2.06 bits per heavy atom. The van der Waals surface area contributed by atoms with Crippen molar-refractivity contribution in [3.05, 3.63) is 23.5 Å². The zero-order valence-electron chi connectivity index (χ0n) is 20.7. The number of ether oxygens (including phenoxy) is 2. The number of ketones is 1. The number of Topliss-reactive ketones (excluding diaryl/α,β-unsaturated/α-hetero) is 1. The first-order valence-corrected chi connectivity index (χ1v) is 13.0. The highest BCUT2D eigenvalue weighted by Crippen LogP contribution is 2.41. The fraction of sp³-hybridized carbons (Fsp3) is 0.667. The average molecular weight is 468 g/mol. The Kier molecular flexibility index (Phi) is 6.65. The largest absolute Gasteiger partial charge is 0.452 e. The number of methoxy groups -OCH3 is 1. The third-order valence-electron chi connectivity index (χ3n) is 8.29. The molecule has 0 N–H and O–H groups in total. The molecule has 2 aliphatic heterocycles. The van der Waals surface area contributed by atoms with Gasteiger partial charge in [-0.05, 0) is 76.8 Å². The third-order valence-corrected chi connectivity index (χ3v) is 8.29. The van der Waals surface area contributed by atoms with Crippen LogP contribution >= 0.6 is 0 Å². The standard InChI is InChI=1S/C27H37N3O4/c1-17-7-9-22-23(29(17)27(32)33-3)10-11-24-26(22)28-25(12-8-19-13-14-34-16-19)30(24)21-6-4-5-20(15-21)18(2)31/h10-11,17,19-21H,4-9,12-16H2,1-3H3/t17-,19-,20+,21+/m0/s1. The van der Waals surface area contributed by atoms with Gasteiger partial charge in [0.1, 0.15) is 11.6 Å². The summed E-state index contributed by atoms with van der Waals surface area (Å²) in [5.74, 6) is 2.15. The molecule has 0 unspecified atom stereocenters. The molecule has 4 atom stereocenters. The number of hydrogen-bond acceptors (Lipinski definition) is 5. The van der Waals surface area contributed by atoms with Gasteiger partial charge in [0.15, 0.2) is 0 Å². The molecular formula is C27H37N3O4. The summed E-state index contributed by atoms with van der Waals surface area (Å²) in [5, 5.41) is 0. The highest BCUT2D eigenvalue weighted by Gasteiger charge is 2.33. The number of aromatic nitrogens is 2. The van der Waals surface area contributed by atoms with Crippen LogP contribution in [0.25, 0.3) is 11.0 Å². The van der Waals surface area contributed by atoms with Gasteiger partial charge in [-0.15, -0.1) is 0 Å². The number of amides is 1. The second-order valence-corrected chi connectivity index (χ2v) is 10.5. The van der Waals surface area contributed by atoms with Crippen molar-refractivity contribution in [2.24, 2.45) is 11.8 Å². The lowest BCUT2D eigenvalue weighted by Gasteiger charge is -2.34. The predicted octanol–water partition coefficient (Wildman–Crippen LogP) is 5.23. The van der Waals surface area contributed by atoms with Crippen LogP contribution in [0.5, 0.6) is 0 Å². The molecule has 3 aliphatic rings. The maximum Gasteiger partial charge on any atom is 0.414 e. The van der Waals surface area contributed by atoms with E-state index in [1.807, 2.05) is 0 Å². The van der Waals surface area contributed by atoms with Crippen LogP contribution in [0.3, 0.4) is 0 Å². The Morgan fingerprint density at radius 3 is 2.79 bits per heavy atom. The van der Waals surface area contributed by atoms with Crippen LogP contribution in [0.4, 0.5) is 10.5 Å². The summed E-state index contributed by atoms with van der Waals surface area (Å²) in [6.45, 7) is 5.51. The van der Waals surface area contributed by atoms with Gasteiger partial charge < -0.3 is 14.0 Å². The minimum atomic E-state index is -0.315. The highest BCUT2D eigenvalue weighted by molar-refractivity contribution is 5.95. The van der Waals surface area contributed by atoms with Crippen LogP contribution in [-0.4, -0.2) is 47.8 Å². The Bertz CT molecular complexity index is 1070. The van der Waals surface area contributed by atoms with E-state index < -0.39 is 0 Å². The Balaban J connectivity index is 1.57. The summed E-state index contributed by atoms with van der Waals surface area (Å²) in [7, 11) is 1.44. The number of imidazole rings is 1. The van der Waals surface area contributed by atoms with E-state index in [1.165, 1.54) is 7.11 Å². The van der Waals surface area contributed by atoms with Gasteiger partial charge in [0.05, 0.1) is 23.8 Å². The maximum atomic E-state index is 12.6. The molecular weight excluding hydrogens is 430 g/mol. The molecule has 1 aromatic carbocycles. The quantitative estimate of drug-likeness (QED) is 0.602. The monoisotopic (exact) mass is 467 g/mol. The van der Waals surface area contributed by atoms with Crippen molar-refractivity contribution >= 4 is 28.6 Å². The molecule has 1 aliphatic carbocycles. The lowest BCUT2D eigenvalue weighted by atomic mass is 9.83. The van der Waals surface area contributed by atoms with Crippen LogP contribution in [0.2, 0.25) is 0 Å². The predicted molar refractivity (Wildman–Crippen MR) is 131 cm³/mol. The zero-order chi connectivity index (χ0) is 23.8. The van der Waals surface area contributed by atoms with E-state index >= 15 is 0 Å². The van der Waals surface area contributed by atoms with E-state index in [4.69, 9.17) is 14.5 Å². The van der Waals surface area contributed by atoms with Gasteiger partial charge in [-0.3, -0.25) is 9.69 Å². The number of aryl methyl sites for hydroxylation is 2. The molecule has 34 heavy (non-hydrogen) atoms. The van der Waals surface area contributed by atoms with E-state index in [-0.39, 0.29) is 18.1 Å². The molecule has 2 fully saturated rings. The summed E-state index contributed by atoms with van der Waals surface area (Å²) >= 11 is 0. The summed E-state index contributed by atoms with van der Waals surface area (Å²) in [6, 6.07) is 4.59. The Morgan fingerprint density at radius 1 is 1.21 bits per heavy atom. The summed E-state index contributed by atoms with van der Waals surface area (Å²) in [5.41, 5.74) is 4.22. The molecule has 0 spiro atoms. The second kappa shape index (κ2) is 9.68. The minimum Gasteiger partial charge on any atom is -0.452 e. The van der Waals surface area contributed by atoms with Crippen LogP contribution in [0, 0.1) is 11.8 Å². The fourth-order valence-corrected chi connectivity index (χ4v) is 6.32. The van der Waals surface area contributed by atoms with E-state index in [1.54, 1.807) is 11.8 Å². The van der Waals surface area contributed by atoms with Crippen molar-refractivity contribution in [2.45, 2.75) is 83.7 Å². The van der Waals surface area contributed by atoms with Crippen LogP contribution in [-0.2, 0) is 27.1 Å². The van der Waals surface area contributed by atoms with Crippen LogP contribution < -0.4 is 4.90 Å². The number of rotatable bonds is 5. The maximum absolute atomic E-state index is 12.6. The molecule has 1 saturated carbocycles. The molecule has 1 amide bonds. The molecule has 0 bridgehead atoms. The van der Waals surface area contributed by atoms with Gasteiger partial charge in [-0.2, -0.15) is 0 Å². The Labute approximate surface area is 201 Å². The van der Waals surface area contributed by atoms with Crippen molar-refractivity contribution < 1.29 is 19.1 Å². The number of carbonyl (C=O) groups excluding carboxylic acids is 2. The van der Waals surface area contributed by atoms with Gasteiger partial charge in [0, 0.05) is 43.2 Å². The number of carbonyl (C=O) groups is 2. The summed E-state index contributed by atoms with van der Waals surface area (Å²) in [6.07, 6.45) is 8.61. The second-order valence-electron chi connectivity index (χ2n) is 10.5. The molecule has 184 valence electrons. The molecule has 2 aromatic rings. The van der Waals surface area contributed by atoms with Gasteiger partial charge in [0.2, 0.25) is 0 Å². The lowest BCUT2D eigenvalue weighted by Crippen LogP contribution is -2.42. The van der Waals surface area contributed by atoms with E-state index in [0.29, 0.717) is 17.7 Å². The van der Waals surface area contributed by atoms with Gasteiger partial charge in [-0.25, -0.2) is 9.78 Å². The summed E-state index contributed by atoms with van der Waals surface area (Å²) < 4.78 is 13.2. The van der Waals surface area contributed by atoms with E-state index in [2.05, 4.69) is 23.6 Å². The number of benzene rings is 1. The van der Waals surface area contributed by atoms with Crippen molar-refractivity contribution in [3.8, 4) is 0 Å². The first-order chi connectivity index (χ1) is 16.5. The number of fused-ring (bicyclic) bond motifs is 3. The fourth-order valence-electron chi connectivity index (χ4n) is 6.32. The van der Waals surface area contributed by atoms with Gasteiger partial charge in [0.25, 0.3) is 0 Å². The van der Waals surface area contributed by atoms with Crippen molar-refractivity contribution in [1.29, 1.82) is 0 Å². The summed E-state index contributed by atoms with van der Waals surface area (Å²) in [4.78, 5) is 31.8. The smallest absolute Gasteiger partial charge is 0.414 e. The minimum absolute atomic E-state index is 0.0935. The molecule has 0 radical (unpaired) electrons. The third kappa shape index (κ3) is 4.23. The molecule has 7 heteroatoms. The molecule has 5 rings (SSSR count). The average Bonchev–Trinajstić information content (AvgIpc) is 3.49. The molecule has 3 heterocycles. The van der Waals surface area contributed by atoms with Crippen LogP contribution in [0.1, 0.15) is 76.2 Å². The topological polar surface area (TPSA) is 73.7 Å². The normalized spacial score (nSPS) is 27.1. The van der Waals surface area contributed by atoms with Crippen molar-refractivity contribution in [2.75, 3.05) is 25.2 Å². The number of anilines is 1. The number of hydrogen-bond donors (Lipinski definition) is 0. The van der Waals surface area contributed by atoms with E-state index in [9.17, 15) is 9.59 Å². The molecule has 7 nitrogen and oxygen atoms in total. The SMILES string of the molecule is COC(=O)N1c2ccc3c(nc(CC[C@H]4CCOC4)n3[C@@H]3CCC[C@@H](C(C)=O)C3)c2CC[C@@H]1C. The zero-order valence-corrected chi connectivity index (χ0v) is 20.7. The van der Waals surface area contributed by atoms with E-state index in [0.717, 1.165) is 99.1 Å². The van der Waals surface area contributed by atoms with Crippen molar-refractivity contribution in [1.82, 2.24) is 9.55 Å². The van der Waals surface area contributed by atoms with Gasteiger partial charge >= 0.3 is 6.09 Å². The van der Waals surface area contributed by atoms with Crippen LogP contribution in [0.15, 0.2) is 12.1 Å².